The molecule has 0 spiro atoms. The number of carbonyl (C=O) groups excluding carboxylic acids is 1. The van der Waals surface area contributed by atoms with Crippen LogP contribution in [0.25, 0.3) is 10.2 Å². The smallest absolute Gasteiger partial charge is 0.280 e. The van der Waals surface area contributed by atoms with Crippen LogP contribution in [0.1, 0.15) is 22.8 Å². The van der Waals surface area contributed by atoms with Crippen LogP contribution < -0.4 is 19.2 Å². The zero-order chi connectivity index (χ0) is 24.1. The summed E-state index contributed by atoms with van der Waals surface area (Å²) in [6, 6.07) is 16.4. The molecule has 0 saturated carbocycles. The van der Waals surface area contributed by atoms with E-state index in [0.29, 0.717) is 39.0 Å². The number of anilines is 1. The van der Waals surface area contributed by atoms with Crippen molar-refractivity contribution in [1.29, 1.82) is 0 Å². The van der Waals surface area contributed by atoms with Gasteiger partial charge in [-0.1, -0.05) is 11.3 Å². The molecule has 174 valence electrons. The van der Waals surface area contributed by atoms with Gasteiger partial charge in [-0.2, -0.15) is 10.1 Å². The lowest BCUT2D eigenvalue weighted by atomic mass is 10.2. The Labute approximate surface area is 200 Å². The van der Waals surface area contributed by atoms with Crippen molar-refractivity contribution in [3.05, 3.63) is 77.6 Å². The Morgan fingerprint density at radius 3 is 2.53 bits per heavy atom. The number of thiazole rings is 1. The molecule has 7 nitrogen and oxygen atoms in total. The van der Waals surface area contributed by atoms with E-state index in [1.807, 2.05) is 31.2 Å². The number of aromatic nitrogens is 1. The minimum atomic E-state index is -0.428. The van der Waals surface area contributed by atoms with Crippen LogP contribution in [0.2, 0.25) is 0 Å². The topological polar surface area (TPSA) is 73.2 Å². The zero-order valence-corrected chi connectivity index (χ0v) is 19.6. The van der Waals surface area contributed by atoms with Gasteiger partial charge < -0.3 is 14.2 Å². The summed E-state index contributed by atoms with van der Waals surface area (Å²) in [5.41, 5.74) is 1.66. The Hall–Kier alpha value is -3.98. The third kappa shape index (κ3) is 4.99. The molecule has 0 radical (unpaired) electrons. The van der Waals surface area contributed by atoms with Crippen LogP contribution >= 0.6 is 11.3 Å². The predicted molar refractivity (Wildman–Crippen MR) is 131 cm³/mol. The number of nitrogens with zero attached hydrogens (tertiary/aromatic N) is 3. The minimum Gasteiger partial charge on any atom is -0.494 e. The maximum absolute atomic E-state index is 13.7. The van der Waals surface area contributed by atoms with Gasteiger partial charge in [0.15, 0.2) is 11.5 Å². The first kappa shape index (κ1) is 23.2. The summed E-state index contributed by atoms with van der Waals surface area (Å²) in [6.45, 7) is 2.48. The average Bonchev–Trinajstić information content (AvgIpc) is 3.27. The highest BCUT2D eigenvalue weighted by molar-refractivity contribution is 7.22. The van der Waals surface area contributed by atoms with E-state index in [4.69, 9.17) is 14.2 Å². The summed E-state index contributed by atoms with van der Waals surface area (Å²) in [5.74, 6) is 0.848. The molecule has 0 aliphatic heterocycles. The summed E-state index contributed by atoms with van der Waals surface area (Å²) in [5, 5.41) is 5.93. The van der Waals surface area contributed by atoms with Gasteiger partial charge in [0.1, 0.15) is 11.6 Å². The molecular weight excluding hydrogens is 457 g/mol. The molecule has 0 saturated heterocycles. The number of hydrogen-bond acceptors (Lipinski definition) is 7. The molecule has 3 aromatic carbocycles. The highest BCUT2D eigenvalue weighted by atomic mass is 32.1. The van der Waals surface area contributed by atoms with Crippen molar-refractivity contribution < 1.29 is 23.4 Å². The SMILES string of the molecule is CCOc1ccc(/C=N/N(C(=O)c2ccc(OC)c(OC)c2)c2nc3ccc(F)cc3s2)cc1. The third-order valence-corrected chi connectivity index (χ3v) is 5.85. The maximum Gasteiger partial charge on any atom is 0.280 e. The van der Waals surface area contributed by atoms with Gasteiger partial charge in [0.2, 0.25) is 5.13 Å². The first-order valence-corrected chi connectivity index (χ1v) is 11.2. The molecular formula is C25H22FN3O4S. The molecule has 34 heavy (non-hydrogen) atoms. The minimum absolute atomic E-state index is 0.308. The van der Waals surface area contributed by atoms with Crippen LogP contribution in [0, 0.1) is 5.82 Å². The second-order valence-corrected chi connectivity index (χ2v) is 8.05. The highest BCUT2D eigenvalue weighted by Crippen LogP contribution is 2.32. The van der Waals surface area contributed by atoms with Crippen molar-refractivity contribution in [2.45, 2.75) is 6.92 Å². The second kappa shape index (κ2) is 10.3. The lowest BCUT2D eigenvalue weighted by molar-refractivity contribution is 0.0987. The van der Waals surface area contributed by atoms with Gasteiger partial charge in [-0.3, -0.25) is 4.79 Å². The van der Waals surface area contributed by atoms with Crippen molar-refractivity contribution in [2.24, 2.45) is 5.10 Å². The van der Waals surface area contributed by atoms with E-state index in [9.17, 15) is 9.18 Å². The molecule has 4 aromatic rings. The number of benzene rings is 3. The molecule has 0 N–H and O–H groups in total. The normalized spacial score (nSPS) is 11.1. The van der Waals surface area contributed by atoms with Crippen LogP contribution in [0.4, 0.5) is 9.52 Å². The predicted octanol–water partition coefficient (Wildman–Crippen LogP) is 5.53. The third-order valence-electron chi connectivity index (χ3n) is 4.86. The van der Waals surface area contributed by atoms with E-state index >= 15 is 0 Å². The van der Waals surface area contributed by atoms with Crippen molar-refractivity contribution >= 4 is 38.8 Å². The number of hydrazone groups is 1. The fraction of sp³-hybridized carbons (Fsp3) is 0.160. The number of rotatable bonds is 8. The Kier molecular flexibility index (Phi) is 7.03. The quantitative estimate of drug-likeness (QED) is 0.245. The number of methoxy groups -OCH3 is 2. The Bertz CT molecular complexity index is 1340. The Morgan fingerprint density at radius 2 is 1.82 bits per heavy atom. The standard InChI is InChI=1S/C25H22FN3O4S/c1-4-33-19-9-5-16(6-10-19)15-27-29(25-28-20-11-8-18(26)14-23(20)34-25)24(30)17-7-12-21(31-2)22(13-17)32-3/h5-15H,4H2,1-3H3/b27-15+. The molecule has 0 unspecified atom stereocenters. The van der Waals surface area contributed by atoms with E-state index in [1.54, 1.807) is 30.5 Å². The molecule has 0 atom stereocenters. The van der Waals surface area contributed by atoms with Gasteiger partial charge in [0.05, 0.1) is 37.3 Å². The Balaban J connectivity index is 1.73. The first-order chi connectivity index (χ1) is 16.5. The molecule has 1 amide bonds. The largest absolute Gasteiger partial charge is 0.494 e. The number of fused-ring (bicyclic) bond motifs is 1. The van der Waals surface area contributed by atoms with Crippen molar-refractivity contribution in [3.63, 3.8) is 0 Å². The molecule has 0 aliphatic carbocycles. The van der Waals surface area contributed by atoms with E-state index in [-0.39, 0.29) is 5.82 Å². The first-order valence-electron chi connectivity index (χ1n) is 10.4. The lowest BCUT2D eigenvalue weighted by Crippen LogP contribution is -2.25. The van der Waals surface area contributed by atoms with Crippen molar-refractivity contribution in [1.82, 2.24) is 4.98 Å². The van der Waals surface area contributed by atoms with Crippen molar-refractivity contribution in [2.75, 3.05) is 25.8 Å². The number of ether oxygens (including phenoxy) is 3. The summed E-state index contributed by atoms with van der Waals surface area (Å²) in [7, 11) is 3.02. The lowest BCUT2D eigenvalue weighted by Gasteiger charge is -2.15. The van der Waals surface area contributed by atoms with E-state index in [2.05, 4.69) is 10.1 Å². The summed E-state index contributed by atoms with van der Waals surface area (Å²) >= 11 is 1.17. The molecule has 1 heterocycles. The summed E-state index contributed by atoms with van der Waals surface area (Å²) in [4.78, 5) is 18.0. The van der Waals surface area contributed by atoms with Crippen LogP contribution in [0.15, 0.2) is 65.8 Å². The summed E-state index contributed by atoms with van der Waals surface area (Å²) in [6.07, 6.45) is 1.56. The van der Waals surface area contributed by atoms with Crippen LogP contribution in [-0.2, 0) is 0 Å². The maximum atomic E-state index is 13.7. The number of hydrogen-bond donors (Lipinski definition) is 0. The highest BCUT2D eigenvalue weighted by Gasteiger charge is 2.22. The molecule has 0 fully saturated rings. The van der Waals surface area contributed by atoms with Gasteiger partial charge in [-0.25, -0.2) is 9.37 Å². The van der Waals surface area contributed by atoms with Crippen LogP contribution in [0.5, 0.6) is 17.2 Å². The number of amides is 1. The van der Waals surface area contributed by atoms with E-state index in [1.165, 1.54) is 42.7 Å². The zero-order valence-electron chi connectivity index (χ0n) is 18.8. The summed E-state index contributed by atoms with van der Waals surface area (Å²) < 4.78 is 30.4. The van der Waals surface area contributed by atoms with Gasteiger partial charge >= 0.3 is 0 Å². The molecule has 9 heteroatoms. The average molecular weight is 480 g/mol. The molecule has 4 rings (SSSR count). The fourth-order valence-corrected chi connectivity index (χ4v) is 4.15. The van der Waals surface area contributed by atoms with Gasteiger partial charge in [0.25, 0.3) is 5.91 Å². The number of carbonyl (C=O) groups is 1. The molecule has 1 aromatic heterocycles. The van der Waals surface area contributed by atoms with Gasteiger partial charge in [-0.05, 0) is 73.2 Å². The van der Waals surface area contributed by atoms with E-state index < -0.39 is 5.91 Å². The molecule has 0 bridgehead atoms. The van der Waals surface area contributed by atoms with Gasteiger partial charge in [-0.15, -0.1) is 0 Å². The second-order valence-electron chi connectivity index (χ2n) is 7.04. The van der Waals surface area contributed by atoms with Gasteiger partial charge in [0, 0.05) is 5.56 Å². The Morgan fingerprint density at radius 1 is 1.06 bits per heavy atom. The fourth-order valence-electron chi connectivity index (χ4n) is 3.20. The van der Waals surface area contributed by atoms with Crippen LogP contribution in [0.3, 0.4) is 0 Å². The number of halogens is 1. The molecule has 0 aliphatic rings. The van der Waals surface area contributed by atoms with Crippen LogP contribution in [-0.4, -0.2) is 37.9 Å². The van der Waals surface area contributed by atoms with E-state index in [0.717, 1.165) is 11.3 Å². The van der Waals surface area contributed by atoms with Crippen molar-refractivity contribution in [3.8, 4) is 17.2 Å². The monoisotopic (exact) mass is 479 g/mol.